The maximum Gasteiger partial charge on any atom is 1.00 e. The van der Waals surface area contributed by atoms with E-state index in [9.17, 15) is 0 Å². The van der Waals surface area contributed by atoms with Crippen LogP contribution < -0.4 is 18.9 Å². The molecule has 50 valence electrons. The maximum absolute atomic E-state index is 2.36. The first kappa shape index (κ1) is 22.4. The van der Waals surface area contributed by atoms with Crippen LogP contribution in [0.3, 0.4) is 0 Å². The second-order valence-electron chi connectivity index (χ2n) is 1.57. The zero-order valence-corrected chi connectivity index (χ0v) is 11.4. The minimum atomic E-state index is 0. The van der Waals surface area contributed by atoms with E-state index in [2.05, 4.69) is 6.42 Å². The Balaban J connectivity index is -0.0000000167. The van der Waals surface area contributed by atoms with Gasteiger partial charge >= 0.3 is 18.9 Å². The molecule has 0 aliphatic heterocycles. The third kappa shape index (κ3) is 13.1. The molecule has 0 N–H and O–H groups in total. The van der Waals surface area contributed by atoms with Gasteiger partial charge in [0.2, 0.25) is 0 Å². The van der Waals surface area contributed by atoms with Gasteiger partial charge in [-0.2, -0.15) is 12.8 Å². The standard InChI is InChI=1S/C5H9.BrH.ClH.Li.Zn.H/c1-2-4-5-3-1;;;;;/h1H,2-5H2;2*1H;;;/q-1;;;+1;;-1. The van der Waals surface area contributed by atoms with Crippen molar-refractivity contribution in [3.8, 4) is 0 Å². The van der Waals surface area contributed by atoms with Crippen molar-refractivity contribution in [2.24, 2.45) is 0 Å². The Morgan fingerprint density at radius 3 is 1.56 bits per heavy atom. The smallest absolute Gasteiger partial charge is 1.00 e. The Hall–Kier alpha value is 1.99. The van der Waals surface area contributed by atoms with E-state index in [0.29, 0.717) is 0 Å². The van der Waals surface area contributed by atoms with Crippen LogP contribution in [-0.4, -0.2) is 0 Å². The maximum atomic E-state index is 2.36. The van der Waals surface area contributed by atoms with Crippen LogP contribution in [-0.2, 0) is 19.5 Å². The normalized spacial score (nSPS) is 13.3. The van der Waals surface area contributed by atoms with Gasteiger partial charge in [0.25, 0.3) is 0 Å². The fourth-order valence-corrected chi connectivity index (χ4v) is 0.722. The van der Waals surface area contributed by atoms with Crippen molar-refractivity contribution in [3.05, 3.63) is 6.42 Å². The van der Waals surface area contributed by atoms with E-state index in [4.69, 9.17) is 0 Å². The van der Waals surface area contributed by atoms with Gasteiger partial charge in [0, 0.05) is 19.5 Å². The van der Waals surface area contributed by atoms with Crippen molar-refractivity contribution < 1.29 is 39.8 Å². The Morgan fingerprint density at radius 1 is 1.11 bits per heavy atom. The predicted octanol–water partition coefficient (Wildman–Crippen LogP) is -0.122. The van der Waals surface area contributed by atoms with Crippen LogP contribution in [0.25, 0.3) is 0 Å². The topological polar surface area (TPSA) is 0 Å². The average molecular weight is 260 g/mol. The number of halogens is 2. The third-order valence-corrected chi connectivity index (χ3v) is 1.07. The Morgan fingerprint density at radius 2 is 1.44 bits per heavy atom. The molecular formula is C5H12BrClLiZn-. The zero-order chi connectivity index (χ0) is 3.54. The molecule has 0 heterocycles. The van der Waals surface area contributed by atoms with Crippen molar-refractivity contribution >= 4 is 29.4 Å². The van der Waals surface area contributed by atoms with Crippen molar-refractivity contribution in [1.82, 2.24) is 0 Å². The van der Waals surface area contributed by atoms with Crippen LogP contribution in [0.2, 0.25) is 0 Å². The van der Waals surface area contributed by atoms with Gasteiger partial charge < -0.3 is 7.85 Å². The summed E-state index contributed by atoms with van der Waals surface area (Å²) in [4.78, 5) is 0. The van der Waals surface area contributed by atoms with Crippen LogP contribution in [0.1, 0.15) is 27.1 Å². The Labute approximate surface area is 101 Å². The minimum absolute atomic E-state index is 0. The third-order valence-electron chi connectivity index (χ3n) is 1.07. The van der Waals surface area contributed by atoms with E-state index in [1.54, 1.807) is 0 Å². The van der Waals surface area contributed by atoms with Gasteiger partial charge in [0.15, 0.2) is 0 Å². The van der Waals surface area contributed by atoms with Crippen molar-refractivity contribution in [3.63, 3.8) is 0 Å². The molecule has 1 saturated carbocycles. The summed E-state index contributed by atoms with van der Waals surface area (Å²) in [5.41, 5.74) is 0. The van der Waals surface area contributed by atoms with Crippen LogP contribution in [0.15, 0.2) is 0 Å². The van der Waals surface area contributed by atoms with Gasteiger partial charge in [-0.3, -0.25) is 0 Å². The van der Waals surface area contributed by atoms with Gasteiger partial charge in [0.05, 0.1) is 0 Å². The fraction of sp³-hybridized carbons (Fsp3) is 0.800. The molecule has 1 rings (SSSR count). The minimum Gasteiger partial charge on any atom is -1.00 e. The molecule has 0 bridgehead atoms. The molecule has 0 amide bonds. The van der Waals surface area contributed by atoms with Crippen LogP contribution in [0.5, 0.6) is 0 Å². The molecule has 0 nitrogen and oxygen atoms in total. The summed E-state index contributed by atoms with van der Waals surface area (Å²) in [6.45, 7) is 0. The molecule has 0 aromatic rings. The summed E-state index contributed by atoms with van der Waals surface area (Å²) < 4.78 is 0. The summed E-state index contributed by atoms with van der Waals surface area (Å²) in [5.74, 6) is 0. The summed E-state index contributed by atoms with van der Waals surface area (Å²) in [6, 6.07) is 0. The summed E-state index contributed by atoms with van der Waals surface area (Å²) in [6.07, 6.45) is 8.00. The molecule has 0 atom stereocenters. The SMILES string of the molecule is Br.Cl.[CH-]1CCCC1.[H-].[Li+].[Zn]. The van der Waals surface area contributed by atoms with Gasteiger partial charge in [-0.25, -0.2) is 0 Å². The van der Waals surface area contributed by atoms with E-state index in [-0.39, 0.29) is 69.2 Å². The molecule has 0 aromatic carbocycles. The molecule has 0 radical (unpaired) electrons. The first-order valence-corrected chi connectivity index (χ1v) is 2.32. The molecule has 0 unspecified atom stereocenters. The van der Waals surface area contributed by atoms with Gasteiger partial charge in [-0.1, -0.05) is 12.8 Å². The monoisotopic (exact) mass is 257 g/mol. The van der Waals surface area contributed by atoms with Crippen LogP contribution in [0.4, 0.5) is 0 Å². The molecule has 1 aliphatic carbocycles. The first-order valence-electron chi connectivity index (χ1n) is 2.32. The van der Waals surface area contributed by atoms with E-state index in [0.717, 1.165) is 0 Å². The quantitative estimate of drug-likeness (QED) is 0.420. The van der Waals surface area contributed by atoms with Gasteiger partial charge in [0.1, 0.15) is 0 Å². The summed E-state index contributed by atoms with van der Waals surface area (Å²) in [7, 11) is 0. The molecule has 0 aromatic heterocycles. The second-order valence-corrected chi connectivity index (χ2v) is 1.57. The number of rotatable bonds is 0. The van der Waals surface area contributed by atoms with E-state index in [1.807, 2.05) is 0 Å². The van der Waals surface area contributed by atoms with Gasteiger partial charge in [-0.15, -0.1) is 29.4 Å². The average Bonchev–Trinajstić information content (AvgIpc) is 1.76. The largest absolute Gasteiger partial charge is 1.00 e. The molecule has 1 fully saturated rings. The van der Waals surface area contributed by atoms with Crippen molar-refractivity contribution in [2.45, 2.75) is 25.7 Å². The molecule has 9 heavy (non-hydrogen) atoms. The van der Waals surface area contributed by atoms with Crippen LogP contribution >= 0.6 is 29.4 Å². The number of hydrogen-bond donors (Lipinski definition) is 0. The number of hydrogen-bond acceptors (Lipinski definition) is 0. The fourth-order valence-electron chi connectivity index (χ4n) is 0.722. The zero-order valence-electron chi connectivity index (χ0n) is 6.93. The molecule has 0 spiro atoms. The molecule has 1 aliphatic rings. The molecule has 4 heteroatoms. The second kappa shape index (κ2) is 16.5. The van der Waals surface area contributed by atoms with E-state index >= 15 is 0 Å². The molecule has 0 saturated heterocycles. The summed E-state index contributed by atoms with van der Waals surface area (Å²) in [5, 5.41) is 0. The van der Waals surface area contributed by atoms with Crippen molar-refractivity contribution in [1.29, 1.82) is 0 Å². The predicted molar refractivity (Wildman–Crippen MR) is 41.5 cm³/mol. The summed E-state index contributed by atoms with van der Waals surface area (Å²) >= 11 is 0. The first-order chi connectivity index (χ1) is 2.50. The molecular weight excluding hydrogens is 248 g/mol. The van der Waals surface area contributed by atoms with E-state index in [1.165, 1.54) is 25.7 Å². The van der Waals surface area contributed by atoms with E-state index < -0.39 is 0 Å². The Bertz CT molecular complexity index is 33.2. The Kier molecular flexibility index (Phi) is 41.2. The van der Waals surface area contributed by atoms with Gasteiger partial charge in [-0.05, 0) is 0 Å². The van der Waals surface area contributed by atoms with Crippen molar-refractivity contribution in [2.75, 3.05) is 0 Å². The van der Waals surface area contributed by atoms with Crippen LogP contribution in [0, 0.1) is 6.42 Å².